The molecule has 29 heavy (non-hydrogen) atoms. The Kier molecular flexibility index (Phi) is 4.79. The summed E-state index contributed by atoms with van der Waals surface area (Å²) < 4.78 is 0. The van der Waals surface area contributed by atoms with E-state index in [-0.39, 0.29) is 5.91 Å². The molecule has 6 heteroatoms. The number of fused-ring (bicyclic) bond motifs is 2. The Morgan fingerprint density at radius 3 is 2.83 bits per heavy atom. The number of rotatable bonds is 4. The van der Waals surface area contributed by atoms with Gasteiger partial charge in [0.15, 0.2) is 5.13 Å². The van der Waals surface area contributed by atoms with E-state index in [0.717, 1.165) is 31.7 Å². The third kappa shape index (κ3) is 3.77. The molecule has 0 aliphatic carbocycles. The molecule has 1 aliphatic rings. The molecule has 0 radical (unpaired) electrons. The number of amides is 1. The molecule has 5 rings (SSSR count). The van der Waals surface area contributed by atoms with E-state index < -0.39 is 0 Å². The second-order valence-corrected chi connectivity index (χ2v) is 8.24. The van der Waals surface area contributed by atoms with Crippen molar-refractivity contribution in [3.63, 3.8) is 0 Å². The molecule has 1 N–H and O–H groups in total. The van der Waals surface area contributed by atoms with Gasteiger partial charge in [0.1, 0.15) is 5.69 Å². The van der Waals surface area contributed by atoms with Crippen LogP contribution in [0.3, 0.4) is 0 Å². The topological polar surface area (TPSA) is 58.1 Å². The molecule has 0 unspecified atom stereocenters. The fourth-order valence-electron chi connectivity index (χ4n) is 3.77. The van der Waals surface area contributed by atoms with Gasteiger partial charge < -0.3 is 0 Å². The number of nitrogens with zero attached hydrogens (tertiary/aromatic N) is 3. The van der Waals surface area contributed by atoms with Crippen molar-refractivity contribution in [2.45, 2.75) is 19.5 Å². The van der Waals surface area contributed by atoms with Crippen LogP contribution >= 0.6 is 11.3 Å². The van der Waals surface area contributed by atoms with Gasteiger partial charge in [-0.25, -0.2) is 4.98 Å². The number of hydrogen-bond acceptors (Lipinski definition) is 5. The van der Waals surface area contributed by atoms with Gasteiger partial charge in [-0.1, -0.05) is 48.5 Å². The van der Waals surface area contributed by atoms with Crippen molar-refractivity contribution < 1.29 is 4.79 Å². The Hall–Kier alpha value is -3.09. The van der Waals surface area contributed by atoms with Crippen LogP contribution < -0.4 is 5.32 Å². The number of aromatic nitrogens is 2. The van der Waals surface area contributed by atoms with Crippen molar-refractivity contribution in [1.29, 1.82) is 0 Å². The van der Waals surface area contributed by atoms with Gasteiger partial charge in [-0.2, -0.15) is 0 Å². The molecule has 0 fully saturated rings. The largest absolute Gasteiger partial charge is 0.296 e. The zero-order chi connectivity index (χ0) is 19.6. The molecule has 5 nitrogen and oxygen atoms in total. The molecule has 1 aliphatic heterocycles. The Morgan fingerprint density at radius 2 is 1.93 bits per heavy atom. The molecule has 3 heterocycles. The maximum Gasteiger partial charge on any atom is 0.276 e. The second-order valence-electron chi connectivity index (χ2n) is 7.16. The summed E-state index contributed by atoms with van der Waals surface area (Å²) in [6, 6.07) is 20.3. The Morgan fingerprint density at radius 1 is 1.07 bits per heavy atom. The van der Waals surface area contributed by atoms with E-state index >= 15 is 0 Å². The van der Waals surface area contributed by atoms with Gasteiger partial charge in [0.25, 0.3) is 5.91 Å². The summed E-state index contributed by atoms with van der Waals surface area (Å²) in [6.07, 6.45) is 2.52. The molecule has 2 aromatic heterocycles. The lowest BCUT2D eigenvalue weighted by molar-refractivity contribution is 0.102. The van der Waals surface area contributed by atoms with Crippen LogP contribution in [0.1, 0.15) is 26.6 Å². The molecule has 2 aromatic carbocycles. The van der Waals surface area contributed by atoms with Crippen LogP contribution in [0.5, 0.6) is 0 Å². The number of thiazole rings is 1. The summed E-state index contributed by atoms with van der Waals surface area (Å²) in [7, 11) is 0. The minimum Gasteiger partial charge on any atom is -0.296 e. The van der Waals surface area contributed by atoms with Crippen molar-refractivity contribution in [2.24, 2.45) is 0 Å². The summed E-state index contributed by atoms with van der Waals surface area (Å²) in [4.78, 5) is 24.8. The Labute approximate surface area is 173 Å². The maximum absolute atomic E-state index is 12.3. The van der Waals surface area contributed by atoms with Gasteiger partial charge in [-0.3, -0.25) is 20.0 Å². The first kappa shape index (κ1) is 18.0. The van der Waals surface area contributed by atoms with E-state index in [0.29, 0.717) is 10.8 Å². The van der Waals surface area contributed by atoms with E-state index in [4.69, 9.17) is 0 Å². The minimum absolute atomic E-state index is 0.218. The highest BCUT2D eigenvalue weighted by molar-refractivity contribution is 7.15. The number of anilines is 1. The molecular weight excluding hydrogens is 380 g/mol. The third-order valence-electron chi connectivity index (χ3n) is 5.20. The van der Waals surface area contributed by atoms with Gasteiger partial charge in [0.05, 0.1) is 5.69 Å². The van der Waals surface area contributed by atoms with Gasteiger partial charge in [-0.05, 0) is 28.5 Å². The number of pyridine rings is 1. The number of benzene rings is 2. The van der Waals surface area contributed by atoms with E-state index in [1.807, 2.05) is 0 Å². The van der Waals surface area contributed by atoms with Crippen LogP contribution in [-0.2, 0) is 19.5 Å². The quantitative estimate of drug-likeness (QED) is 0.548. The van der Waals surface area contributed by atoms with Crippen molar-refractivity contribution >= 4 is 33.1 Å². The van der Waals surface area contributed by atoms with Gasteiger partial charge in [0.2, 0.25) is 0 Å². The van der Waals surface area contributed by atoms with E-state index in [1.165, 1.54) is 21.2 Å². The predicted octanol–water partition coefficient (Wildman–Crippen LogP) is 4.50. The minimum atomic E-state index is -0.218. The second kappa shape index (κ2) is 7.73. The Bertz CT molecular complexity index is 1170. The normalized spacial score (nSPS) is 13.9. The van der Waals surface area contributed by atoms with Gasteiger partial charge in [0, 0.05) is 37.1 Å². The van der Waals surface area contributed by atoms with Crippen LogP contribution in [0, 0.1) is 0 Å². The van der Waals surface area contributed by atoms with Crippen LogP contribution in [0.15, 0.2) is 66.9 Å². The smallest absolute Gasteiger partial charge is 0.276 e. The van der Waals surface area contributed by atoms with E-state index in [2.05, 4.69) is 62.6 Å². The number of nitrogens with one attached hydrogen (secondary N) is 1. The summed E-state index contributed by atoms with van der Waals surface area (Å²) >= 11 is 1.56. The van der Waals surface area contributed by atoms with Gasteiger partial charge >= 0.3 is 0 Å². The molecule has 144 valence electrons. The molecule has 4 aromatic rings. The number of carbonyl (C=O) groups is 1. The molecule has 0 saturated carbocycles. The molecule has 0 spiro atoms. The molecule has 1 amide bonds. The SMILES string of the molecule is O=C(Nc1nc2c(s1)CN(Cc1cccc3ccccc13)CC2)c1ccccn1. The summed E-state index contributed by atoms with van der Waals surface area (Å²) in [5.41, 5.74) is 2.85. The van der Waals surface area contributed by atoms with Crippen molar-refractivity contribution in [3.8, 4) is 0 Å². The lowest BCUT2D eigenvalue weighted by Crippen LogP contribution is -2.29. The highest BCUT2D eigenvalue weighted by Crippen LogP contribution is 2.30. The molecule has 0 bridgehead atoms. The maximum atomic E-state index is 12.3. The lowest BCUT2D eigenvalue weighted by atomic mass is 10.0. The summed E-state index contributed by atoms with van der Waals surface area (Å²) in [5, 5.41) is 6.13. The monoisotopic (exact) mass is 400 g/mol. The zero-order valence-corrected chi connectivity index (χ0v) is 16.7. The van der Waals surface area contributed by atoms with Gasteiger partial charge in [-0.15, -0.1) is 11.3 Å². The predicted molar refractivity (Wildman–Crippen MR) is 116 cm³/mol. The highest BCUT2D eigenvalue weighted by Gasteiger charge is 2.22. The Balaban J connectivity index is 1.31. The third-order valence-corrected chi connectivity index (χ3v) is 6.20. The van der Waals surface area contributed by atoms with Crippen molar-refractivity contribution in [3.05, 3.63) is 88.7 Å². The highest BCUT2D eigenvalue weighted by atomic mass is 32.1. The first-order valence-corrected chi connectivity index (χ1v) is 10.5. The molecule has 0 atom stereocenters. The first-order valence-electron chi connectivity index (χ1n) is 9.66. The van der Waals surface area contributed by atoms with Crippen LogP contribution in [-0.4, -0.2) is 27.3 Å². The van der Waals surface area contributed by atoms with Crippen molar-refractivity contribution in [1.82, 2.24) is 14.9 Å². The molecular formula is C23H20N4OS. The average Bonchev–Trinajstić information content (AvgIpc) is 3.16. The fourth-order valence-corrected chi connectivity index (χ4v) is 4.81. The number of hydrogen-bond donors (Lipinski definition) is 1. The van der Waals surface area contributed by atoms with Crippen LogP contribution in [0.4, 0.5) is 5.13 Å². The average molecular weight is 401 g/mol. The fraction of sp³-hybridized carbons (Fsp3) is 0.174. The van der Waals surface area contributed by atoms with Crippen LogP contribution in [0.25, 0.3) is 10.8 Å². The molecule has 0 saturated heterocycles. The van der Waals surface area contributed by atoms with Crippen LogP contribution in [0.2, 0.25) is 0 Å². The number of carbonyl (C=O) groups excluding carboxylic acids is 1. The van der Waals surface area contributed by atoms with Crippen molar-refractivity contribution in [2.75, 3.05) is 11.9 Å². The summed E-state index contributed by atoms with van der Waals surface area (Å²) in [5.74, 6) is -0.218. The zero-order valence-electron chi connectivity index (χ0n) is 15.8. The van der Waals surface area contributed by atoms with E-state index in [9.17, 15) is 4.79 Å². The standard InChI is InChI=1S/C23H20N4OS/c28-22(20-10-3-4-12-24-20)26-23-25-19-11-13-27(15-21(19)29-23)14-17-8-5-7-16-6-1-2-9-18(16)17/h1-10,12H,11,13-15H2,(H,25,26,28). The van der Waals surface area contributed by atoms with E-state index in [1.54, 1.807) is 35.7 Å². The lowest BCUT2D eigenvalue weighted by Gasteiger charge is -2.26. The first-order chi connectivity index (χ1) is 14.3. The summed E-state index contributed by atoms with van der Waals surface area (Å²) in [6.45, 7) is 2.73.